The fraction of sp³-hybridized carbons (Fsp3) is 0.500. The first-order valence-electron chi connectivity index (χ1n) is 7.90. The minimum absolute atomic E-state index is 0.0921. The summed E-state index contributed by atoms with van der Waals surface area (Å²) in [5, 5.41) is 8.24. The molecule has 0 bridgehead atoms. The van der Waals surface area contributed by atoms with Crippen molar-refractivity contribution in [2.24, 2.45) is 0 Å². The molecule has 1 heterocycles. The van der Waals surface area contributed by atoms with Crippen LogP contribution < -0.4 is 10.6 Å². The molecule has 8 heteroatoms. The lowest BCUT2D eigenvalue weighted by Crippen LogP contribution is -2.41. The van der Waals surface area contributed by atoms with Crippen LogP contribution in [0.5, 0.6) is 0 Å². The number of ether oxygens (including phenoxy) is 1. The van der Waals surface area contributed by atoms with E-state index >= 15 is 0 Å². The Balaban J connectivity index is 1.61. The van der Waals surface area contributed by atoms with Crippen LogP contribution in [-0.2, 0) is 9.53 Å². The molecule has 0 atom stereocenters. The highest BCUT2D eigenvalue weighted by Gasteiger charge is 2.16. The molecule has 0 spiro atoms. The quantitative estimate of drug-likeness (QED) is 0.606. The molecule has 0 unspecified atom stereocenters. The third-order valence-corrected chi connectivity index (χ3v) is 3.53. The van der Waals surface area contributed by atoms with Gasteiger partial charge in [0.05, 0.1) is 5.69 Å². The predicted octanol–water partition coefficient (Wildman–Crippen LogP) is 1.86. The molecule has 1 aliphatic carbocycles. The Bertz CT molecular complexity index is 635. The Morgan fingerprint density at radius 3 is 2.83 bits per heavy atom. The van der Waals surface area contributed by atoms with Gasteiger partial charge in [0, 0.05) is 12.6 Å². The van der Waals surface area contributed by atoms with Gasteiger partial charge in [-0.25, -0.2) is 9.59 Å². The first-order chi connectivity index (χ1) is 11.5. The number of rotatable bonds is 6. The van der Waals surface area contributed by atoms with Crippen molar-refractivity contribution < 1.29 is 23.6 Å². The second-order valence-corrected chi connectivity index (χ2v) is 5.57. The van der Waals surface area contributed by atoms with Crippen molar-refractivity contribution in [2.45, 2.75) is 39.0 Å². The zero-order chi connectivity index (χ0) is 17.4. The number of urea groups is 1. The number of aryl methyl sites for hydroxylation is 1. The maximum atomic E-state index is 11.6. The molecule has 0 saturated heterocycles. The molecular formula is C16H21N3O5. The van der Waals surface area contributed by atoms with E-state index in [9.17, 15) is 14.4 Å². The van der Waals surface area contributed by atoms with Crippen LogP contribution in [-0.4, -0.2) is 36.2 Å². The van der Waals surface area contributed by atoms with Crippen LogP contribution in [0.3, 0.4) is 0 Å². The Labute approximate surface area is 139 Å². The molecule has 3 amide bonds. The molecule has 0 fully saturated rings. The Kier molecular flexibility index (Phi) is 6.53. The van der Waals surface area contributed by atoms with Crippen LogP contribution in [0.4, 0.5) is 4.79 Å². The number of amides is 3. The van der Waals surface area contributed by atoms with Gasteiger partial charge in [0.25, 0.3) is 5.91 Å². The summed E-state index contributed by atoms with van der Waals surface area (Å²) in [6.07, 6.45) is 7.56. The highest BCUT2D eigenvalue weighted by molar-refractivity contribution is 5.96. The summed E-state index contributed by atoms with van der Waals surface area (Å²) < 4.78 is 9.44. The lowest BCUT2D eigenvalue weighted by atomic mass is 9.97. The molecule has 0 aliphatic heterocycles. The molecule has 0 aromatic carbocycles. The fourth-order valence-corrected chi connectivity index (χ4v) is 2.34. The van der Waals surface area contributed by atoms with Gasteiger partial charge >= 0.3 is 12.0 Å². The van der Waals surface area contributed by atoms with E-state index in [1.165, 1.54) is 24.5 Å². The van der Waals surface area contributed by atoms with E-state index in [1.54, 1.807) is 6.92 Å². The summed E-state index contributed by atoms with van der Waals surface area (Å²) in [6, 6.07) is 0.787. The standard InChI is InChI=1S/C16H21N3O5/c1-11-9-13(24-19-11)15(21)23-10-14(20)18-16(22)17-8-7-12-5-3-2-4-6-12/h5,9H,2-4,6-8,10H2,1H3,(H2,17,18,20,22). The molecule has 0 radical (unpaired) electrons. The second-order valence-electron chi connectivity index (χ2n) is 5.57. The third-order valence-electron chi connectivity index (χ3n) is 3.53. The minimum atomic E-state index is -0.810. The van der Waals surface area contributed by atoms with Gasteiger partial charge in [0.15, 0.2) is 6.61 Å². The van der Waals surface area contributed by atoms with Crippen molar-refractivity contribution in [3.05, 3.63) is 29.2 Å². The molecule has 1 aromatic heterocycles. The maximum absolute atomic E-state index is 11.6. The van der Waals surface area contributed by atoms with Crippen LogP contribution >= 0.6 is 0 Å². The monoisotopic (exact) mass is 335 g/mol. The molecule has 130 valence electrons. The number of nitrogens with one attached hydrogen (secondary N) is 2. The molecule has 1 aromatic rings. The maximum Gasteiger partial charge on any atom is 0.377 e. The van der Waals surface area contributed by atoms with Gasteiger partial charge < -0.3 is 14.6 Å². The van der Waals surface area contributed by atoms with E-state index in [4.69, 9.17) is 9.26 Å². The van der Waals surface area contributed by atoms with Gasteiger partial charge in [-0.1, -0.05) is 16.8 Å². The summed E-state index contributed by atoms with van der Waals surface area (Å²) in [5.74, 6) is -1.62. The fourth-order valence-electron chi connectivity index (χ4n) is 2.34. The number of imide groups is 1. The number of hydrogen-bond donors (Lipinski definition) is 2. The van der Waals surface area contributed by atoms with Crippen molar-refractivity contribution >= 4 is 17.9 Å². The Morgan fingerprint density at radius 2 is 2.17 bits per heavy atom. The largest absolute Gasteiger partial charge is 0.450 e. The van der Waals surface area contributed by atoms with Gasteiger partial charge in [-0.05, 0) is 39.0 Å². The number of carbonyl (C=O) groups excluding carboxylic acids is 3. The van der Waals surface area contributed by atoms with E-state index in [1.807, 2.05) is 0 Å². The van der Waals surface area contributed by atoms with Crippen LogP contribution in [0.15, 0.2) is 22.2 Å². The lowest BCUT2D eigenvalue weighted by Gasteiger charge is -2.13. The zero-order valence-electron chi connectivity index (χ0n) is 13.6. The van der Waals surface area contributed by atoms with Crippen molar-refractivity contribution in [1.82, 2.24) is 15.8 Å². The third kappa shape index (κ3) is 5.86. The first kappa shape index (κ1) is 17.7. The smallest absolute Gasteiger partial charge is 0.377 e. The summed E-state index contributed by atoms with van der Waals surface area (Å²) >= 11 is 0. The highest BCUT2D eigenvalue weighted by Crippen LogP contribution is 2.19. The summed E-state index contributed by atoms with van der Waals surface area (Å²) in [4.78, 5) is 34.7. The molecule has 8 nitrogen and oxygen atoms in total. The zero-order valence-corrected chi connectivity index (χ0v) is 13.6. The van der Waals surface area contributed by atoms with Crippen LogP contribution in [0, 0.1) is 6.92 Å². The second kappa shape index (κ2) is 8.85. The highest BCUT2D eigenvalue weighted by atomic mass is 16.6. The molecule has 2 N–H and O–H groups in total. The molecule has 24 heavy (non-hydrogen) atoms. The van der Waals surface area contributed by atoms with Crippen molar-refractivity contribution in [1.29, 1.82) is 0 Å². The first-order valence-corrected chi connectivity index (χ1v) is 7.90. The lowest BCUT2D eigenvalue weighted by molar-refractivity contribution is -0.123. The van der Waals surface area contributed by atoms with Crippen molar-refractivity contribution in [3.8, 4) is 0 Å². The van der Waals surface area contributed by atoms with Gasteiger partial charge in [-0.2, -0.15) is 0 Å². The average Bonchev–Trinajstić information content (AvgIpc) is 3.00. The van der Waals surface area contributed by atoms with Crippen LogP contribution in [0.25, 0.3) is 0 Å². The van der Waals surface area contributed by atoms with Crippen LogP contribution in [0.1, 0.15) is 48.4 Å². The number of carbonyl (C=O) groups is 3. The summed E-state index contributed by atoms with van der Waals surface area (Å²) in [6.45, 7) is 1.54. The van der Waals surface area contributed by atoms with E-state index in [2.05, 4.69) is 21.9 Å². The van der Waals surface area contributed by atoms with Crippen LogP contribution in [0.2, 0.25) is 0 Å². The topological polar surface area (TPSA) is 111 Å². The van der Waals surface area contributed by atoms with Crippen molar-refractivity contribution in [3.63, 3.8) is 0 Å². The van der Waals surface area contributed by atoms with E-state index in [-0.39, 0.29) is 5.76 Å². The van der Waals surface area contributed by atoms with E-state index in [0.29, 0.717) is 12.2 Å². The number of esters is 1. The van der Waals surface area contributed by atoms with Gasteiger partial charge in [-0.3, -0.25) is 10.1 Å². The Morgan fingerprint density at radius 1 is 1.33 bits per heavy atom. The Hall–Kier alpha value is -2.64. The number of nitrogens with zero attached hydrogens (tertiary/aromatic N) is 1. The molecule has 2 rings (SSSR count). The number of hydrogen-bond acceptors (Lipinski definition) is 6. The SMILES string of the molecule is Cc1cc(C(=O)OCC(=O)NC(=O)NCCC2=CCCCC2)on1. The average molecular weight is 335 g/mol. The van der Waals surface area contributed by atoms with Gasteiger partial charge in [0.2, 0.25) is 5.76 Å². The normalized spacial score (nSPS) is 13.8. The summed E-state index contributed by atoms with van der Waals surface area (Å²) in [5.41, 5.74) is 1.86. The van der Waals surface area contributed by atoms with Gasteiger partial charge in [-0.15, -0.1) is 0 Å². The predicted molar refractivity (Wildman–Crippen MR) is 84.2 cm³/mol. The van der Waals surface area contributed by atoms with Gasteiger partial charge in [0.1, 0.15) is 0 Å². The van der Waals surface area contributed by atoms with E-state index in [0.717, 1.165) is 19.3 Å². The number of aromatic nitrogens is 1. The molecular weight excluding hydrogens is 314 g/mol. The number of allylic oxidation sites excluding steroid dienone is 1. The molecule has 0 saturated carbocycles. The summed E-state index contributed by atoms with van der Waals surface area (Å²) in [7, 11) is 0. The van der Waals surface area contributed by atoms with E-state index < -0.39 is 24.5 Å². The van der Waals surface area contributed by atoms with Crippen molar-refractivity contribution in [2.75, 3.05) is 13.2 Å². The molecule has 1 aliphatic rings. The minimum Gasteiger partial charge on any atom is -0.450 e.